The van der Waals surface area contributed by atoms with Gasteiger partial charge in [0.25, 0.3) is 5.56 Å². The Morgan fingerprint density at radius 2 is 1.61 bits per heavy atom. The molecule has 0 saturated carbocycles. The number of anilines is 1. The maximum Gasteiger partial charge on any atom is 0.253 e. The molecule has 1 heterocycles. The molecule has 0 atom stereocenters. The monoisotopic (exact) mass is 488 g/mol. The van der Waals surface area contributed by atoms with Crippen molar-refractivity contribution in [2.75, 3.05) is 33.8 Å². The smallest absolute Gasteiger partial charge is 0.253 e. The van der Waals surface area contributed by atoms with E-state index in [-0.39, 0.29) is 24.4 Å². The van der Waals surface area contributed by atoms with Gasteiger partial charge in [-0.05, 0) is 54.2 Å². The molecule has 0 aliphatic rings. The first-order valence-electron chi connectivity index (χ1n) is 9.89. The summed E-state index contributed by atoms with van der Waals surface area (Å²) < 4.78 is 23.0. The zero-order valence-electron chi connectivity index (χ0n) is 18.7. The van der Waals surface area contributed by atoms with Gasteiger partial charge < -0.3 is 24.3 Å². The van der Waals surface area contributed by atoms with Gasteiger partial charge >= 0.3 is 0 Å². The Hall–Kier alpha value is -3.37. The first-order valence-corrected chi connectivity index (χ1v) is 11.1. The standard InChI is InChI=1S/C23H24N2O6S2/c1-28-16-7-5-15(6-8-16)24-20(26)9-10-25-21(27)13-19(33-23(25)32)14-11-17(29-2)22(31-4)18(12-14)30-3/h5-8,11-13H,9-10H2,1-4H3,(H,24,26). The van der Waals surface area contributed by atoms with E-state index in [1.165, 1.54) is 43.3 Å². The number of hydrogen-bond donors (Lipinski definition) is 1. The van der Waals surface area contributed by atoms with E-state index in [9.17, 15) is 9.59 Å². The van der Waals surface area contributed by atoms with E-state index >= 15 is 0 Å². The minimum absolute atomic E-state index is 0.103. The van der Waals surface area contributed by atoms with Crippen LogP contribution in [0.1, 0.15) is 6.42 Å². The molecule has 3 aromatic rings. The van der Waals surface area contributed by atoms with Crippen LogP contribution in [0.3, 0.4) is 0 Å². The summed E-state index contributed by atoms with van der Waals surface area (Å²) in [6.07, 6.45) is 0.103. The summed E-state index contributed by atoms with van der Waals surface area (Å²) in [5, 5.41) is 2.80. The predicted molar refractivity (Wildman–Crippen MR) is 131 cm³/mol. The molecule has 1 amide bonds. The highest BCUT2D eigenvalue weighted by Gasteiger charge is 2.16. The highest BCUT2D eigenvalue weighted by molar-refractivity contribution is 7.73. The van der Waals surface area contributed by atoms with Crippen molar-refractivity contribution >= 4 is 35.1 Å². The average Bonchev–Trinajstić information content (AvgIpc) is 2.82. The van der Waals surface area contributed by atoms with Gasteiger partial charge in [-0.2, -0.15) is 0 Å². The number of ether oxygens (including phenoxy) is 4. The van der Waals surface area contributed by atoms with E-state index < -0.39 is 0 Å². The highest BCUT2D eigenvalue weighted by atomic mass is 32.1. The molecule has 10 heteroatoms. The molecule has 2 aromatic carbocycles. The number of rotatable bonds is 9. The molecule has 33 heavy (non-hydrogen) atoms. The van der Waals surface area contributed by atoms with Crippen LogP contribution in [0.15, 0.2) is 47.3 Å². The van der Waals surface area contributed by atoms with E-state index in [1.54, 1.807) is 43.5 Å². The second-order valence-corrected chi connectivity index (χ2v) is 8.48. The summed E-state index contributed by atoms with van der Waals surface area (Å²) >= 11 is 6.72. The van der Waals surface area contributed by atoms with Crippen LogP contribution in [0.25, 0.3) is 10.4 Å². The molecule has 3 rings (SSSR count). The fourth-order valence-corrected chi connectivity index (χ4v) is 4.46. The van der Waals surface area contributed by atoms with Crippen LogP contribution < -0.4 is 29.8 Å². The Morgan fingerprint density at radius 3 is 2.12 bits per heavy atom. The molecule has 174 valence electrons. The van der Waals surface area contributed by atoms with Gasteiger partial charge in [0.1, 0.15) is 5.75 Å². The van der Waals surface area contributed by atoms with Gasteiger partial charge in [0.05, 0.1) is 28.4 Å². The fourth-order valence-electron chi connectivity index (χ4n) is 3.14. The van der Waals surface area contributed by atoms with Crippen LogP contribution in [-0.2, 0) is 11.3 Å². The Bertz CT molecular complexity index is 1190. The van der Waals surface area contributed by atoms with Gasteiger partial charge in [0.15, 0.2) is 15.5 Å². The van der Waals surface area contributed by atoms with Gasteiger partial charge in [-0.1, -0.05) is 0 Å². The number of hydrogen-bond acceptors (Lipinski definition) is 8. The molecule has 0 fully saturated rings. The topological polar surface area (TPSA) is 88.0 Å². The molecule has 0 unspecified atom stereocenters. The molecular formula is C23H24N2O6S2. The lowest BCUT2D eigenvalue weighted by molar-refractivity contribution is -0.116. The van der Waals surface area contributed by atoms with Crippen molar-refractivity contribution in [2.24, 2.45) is 0 Å². The zero-order valence-corrected chi connectivity index (χ0v) is 20.3. The van der Waals surface area contributed by atoms with E-state index in [0.29, 0.717) is 43.1 Å². The second-order valence-electron chi connectivity index (χ2n) is 6.81. The number of methoxy groups -OCH3 is 4. The van der Waals surface area contributed by atoms with E-state index in [2.05, 4.69) is 5.32 Å². The number of carbonyl (C=O) groups is 1. The molecule has 1 N–H and O–H groups in total. The Balaban J connectivity index is 1.78. The summed E-state index contributed by atoms with van der Waals surface area (Å²) in [5.74, 6) is 1.89. The lowest BCUT2D eigenvalue weighted by Crippen LogP contribution is -2.22. The molecule has 0 radical (unpaired) electrons. The van der Waals surface area contributed by atoms with E-state index in [0.717, 1.165) is 0 Å². The summed E-state index contributed by atoms with van der Waals surface area (Å²) in [5.41, 5.74) is 1.06. The van der Waals surface area contributed by atoms with Crippen LogP contribution in [0.5, 0.6) is 23.0 Å². The first kappa shape index (κ1) is 24.3. The predicted octanol–water partition coefficient (Wildman–Crippen LogP) is 4.37. The number of nitrogens with zero attached hydrogens (tertiary/aromatic N) is 1. The lowest BCUT2D eigenvalue weighted by Gasteiger charge is -2.14. The lowest BCUT2D eigenvalue weighted by atomic mass is 10.1. The van der Waals surface area contributed by atoms with Crippen molar-refractivity contribution in [3.05, 3.63) is 56.8 Å². The van der Waals surface area contributed by atoms with Crippen LogP contribution in [0, 0.1) is 3.95 Å². The Morgan fingerprint density at radius 1 is 0.970 bits per heavy atom. The third-order valence-electron chi connectivity index (χ3n) is 4.82. The molecule has 0 aliphatic carbocycles. The van der Waals surface area contributed by atoms with Gasteiger partial charge in [-0.15, -0.1) is 11.3 Å². The van der Waals surface area contributed by atoms with Crippen molar-refractivity contribution in [3.63, 3.8) is 0 Å². The summed E-state index contributed by atoms with van der Waals surface area (Å²) in [4.78, 5) is 25.8. The maximum absolute atomic E-state index is 12.8. The van der Waals surface area contributed by atoms with E-state index in [1.807, 2.05) is 0 Å². The van der Waals surface area contributed by atoms with Crippen molar-refractivity contribution in [1.82, 2.24) is 4.57 Å². The third-order valence-corrected chi connectivity index (χ3v) is 6.26. The normalized spacial score (nSPS) is 10.4. The average molecular weight is 489 g/mol. The minimum Gasteiger partial charge on any atom is -0.497 e. The third kappa shape index (κ3) is 5.71. The molecule has 8 nitrogen and oxygen atoms in total. The first-order chi connectivity index (χ1) is 15.9. The summed E-state index contributed by atoms with van der Waals surface area (Å²) in [6.45, 7) is 0.172. The molecule has 0 saturated heterocycles. The fraction of sp³-hybridized carbons (Fsp3) is 0.261. The number of benzene rings is 2. The quantitative estimate of drug-likeness (QED) is 0.448. The molecule has 0 aliphatic heterocycles. The number of carbonyl (C=O) groups excluding carboxylic acids is 1. The van der Waals surface area contributed by atoms with Crippen molar-refractivity contribution in [1.29, 1.82) is 0 Å². The van der Waals surface area contributed by atoms with Gasteiger partial charge in [0, 0.05) is 29.6 Å². The second kappa shape index (κ2) is 11.0. The molecule has 0 spiro atoms. The van der Waals surface area contributed by atoms with Gasteiger partial charge in [0.2, 0.25) is 11.7 Å². The van der Waals surface area contributed by atoms with Crippen LogP contribution in [0.4, 0.5) is 5.69 Å². The summed E-state index contributed by atoms with van der Waals surface area (Å²) in [6, 6.07) is 12.0. The van der Waals surface area contributed by atoms with Crippen molar-refractivity contribution in [2.45, 2.75) is 13.0 Å². The van der Waals surface area contributed by atoms with Crippen LogP contribution >= 0.6 is 23.6 Å². The van der Waals surface area contributed by atoms with Crippen molar-refractivity contribution in [3.8, 4) is 33.4 Å². The molecular weight excluding hydrogens is 464 g/mol. The molecule has 1 aromatic heterocycles. The summed E-state index contributed by atoms with van der Waals surface area (Å²) in [7, 11) is 6.15. The van der Waals surface area contributed by atoms with Crippen LogP contribution in [0.2, 0.25) is 0 Å². The zero-order chi connectivity index (χ0) is 24.0. The number of amides is 1. The van der Waals surface area contributed by atoms with Crippen LogP contribution in [-0.4, -0.2) is 38.9 Å². The SMILES string of the molecule is COc1ccc(NC(=O)CCn2c(=O)cc(-c3cc(OC)c(OC)c(OC)c3)sc2=S)cc1. The number of nitrogens with one attached hydrogen (secondary N) is 1. The molecule has 0 bridgehead atoms. The number of aromatic nitrogens is 1. The van der Waals surface area contributed by atoms with Gasteiger partial charge in [-0.3, -0.25) is 14.2 Å². The van der Waals surface area contributed by atoms with E-state index in [4.69, 9.17) is 31.2 Å². The van der Waals surface area contributed by atoms with Crippen molar-refractivity contribution < 1.29 is 23.7 Å². The Labute approximate surface area is 200 Å². The largest absolute Gasteiger partial charge is 0.497 e. The Kier molecular flexibility index (Phi) is 8.07. The minimum atomic E-state index is -0.292. The highest BCUT2D eigenvalue weighted by Crippen LogP contribution is 2.41. The van der Waals surface area contributed by atoms with Gasteiger partial charge in [-0.25, -0.2) is 0 Å². The maximum atomic E-state index is 12.8.